The van der Waals surface area contributed by atoms with Gasteiger partial charge in [-0.15, -0.1) is 0 Å². The topological polar surface area (TPSA) is 30.5 Å². The maximum Gasteiger partial charge on any atom is 0.123 e. The number of ether oxygens (including phenoxy) is 2. The van der Waals surface area contributed by atoms with Crippen molar-refractivity contribution in [1.82, 2.24) is 0 Å². The van der Waals surface area contributed by atoms with Gasteiger partial charge in [0.15, 0.2) is 0 Å². The highest BCUT2D eigenvalue weighted by Crippen LogP contribution is 2.18. The van der Waals surface area contributed by atoms with E-state index in [0.29, 0.717) is 13.2 Å². The molecule has 0 aromatic heterocycles. The molecule has 0 amide bonds. The zero-order valence-corrected chi connectivity index (χ0v) is 14.7. The summed E-state index contributed by atoms with van der Waals surface area (Å²) in [6.07, 6.45) is 0. The number of hydrogen-bond acceptors (Lipinski definition) is 3. The fourth-order valence-corrected chi connectivity index (χ4v) is 2.49. The summed E-state index contributed by atoms with van der Waals surface area (Å²) < 4.78 is 24.1. The van der Waals surface area contributed by atoms with Gasteiger partial charge in [0.2, 0.25) is 0 Å². The molecule has 3 nitrogen and oxygen atoms in total. The van der Waals surface area contributed by atoms with Crippen LogP contribution < -0.4 is 14.8 Å². The predicted molar refractivity (Wildman–Crippen MR) is 102 cm³/mol. The molecule has 0 heterocycles. The zero-order valence-electron chi connectivity index (χ0n) is 14.7. The van der Waals surface area contributed by atoms with E-state index in [2.05, 4.69) is 5.32 Å². The van der Waals surface area contributed by atoms with Gasteiger partial charge in [0, 0.05) is 12.2 Å². The molecule has 0 aliphatic heterocycles. The molecule has 134 valence electrons. The van der Waals surface area contributed by atoms with Crippen LogP contribution in [-0.2, 0) is 13.2 Å². The highest BCUT2D eigenvalue weighted by molar-refractivity contribution is 5.47. The third kappa shape index (κ3) is 5.24. The first kappa shape index (κ1) is 17.8. The molecule has 0 spiro atoms. The van der Waals surface area contributed by atoms with Gasteiger partial charge in [-0.1, -0.05) is 24.3 Å². The van der Waals surface area contributed by atoms with Gasteiger partial charge in [-0.25, -0.2) is 4.39 Å². The van der Waals surface area contributed by atoms with Gasteiger partial charge >= 0.3 is 0 Å². The molecule has 0 radical (unpaired) electrons. The number of rotatable bonds is 8. The fraction of sp³-hybridized carbons (Fsp3) is 0.182. The molecule has 0 unspecified atom stereocenters. The van der Waals surface area contributed by atoms with Crippen LogP contribution in [0.15, 0.2) is 72.8 Å². The lowest BCUT2D eigenvalue weighted by Crippen LogP contribution is -2.00. The SMILES string of the molecule is CCOc1ccc(NCc2ccc(OCc3ccc(F)cc3)cc2)cc1. The van der Waals surface area contributed by atoms with Crippen molar-refractivity contribution in [2.75, 3.05) is 11.9 Å². The molecule has 3 aromatic rings. The average Bonchev–Trinajstić information content (AvgIpc) is 2.68. The van der Waals surface area contributed by atoms with E-state index in [4.69, 9.17) is 9.47 Å². The Morgan fingerprint density at radius 1 is 0.731 bits per heavy atom. The summed E-state index contributed by atoms with van der Waals surface area (Å²) in [6.45, 7) is 3.79. The summed E-state index contributed by atoms with van der Waals surface area (Å²) in [7, 11) is 0. The third-order valence-electron chi connectivity index (χ3n) is 3.90. The van der Waals surface area contributed by atoms with Gasteiger partial charge in [-0.3, -0.25) is 0 Å². The number of halogens is 1. The highest BCUT2D eigenvalue weighted by Gasteiger charge is 1.99. The predicted octanol–water partition coefficient (Wildman–Crippen LogP) is 5.42. The van der Waals surface area contributed by atoms with Crippen LogP contribution in [0.2, 0.25) is 0 Å². The second-order valence-electron chi connectivity index (χ2n) is 5.87. The van der Waals surface area contributed by atoms with Crippen LogP contribution in [0.3, 0.4) is 0 Å². The first-order valence-corrected chi connectivity index (χ1v) is 8.66. The van der Waals surface area contributed by atoms with Crippen LogP contribution in [0.5, 0.6) is 11.5 Å². The van der Waals surface area contributed by atoms with Crippen molar-refractivity contribution in [2.45, 2.75) is 20.1 Å². The summed E-state index contributed by atoms with van der Waals surface area (Å²) in [4.78, 5) is 0. The van der Waals surface area contributed by atoms with Crippen LogP contribution in [0.4, 0.5) is 10.1 Å². The maximum absolute atomic E-state index is 12.9. The lowest BCUT2D eigenvalue weighted by molar-refractivity contribution is 0.306. The van der Waals surface area contributed by atoms with E-state index in [1.807, 2.05) is 55.5 Å². The minimum absolute atomic E-state index is 0.238. The first-order valence-electron chi connectivity index (χ1n) is 8.66. The minimum atomic E-state index is -0.238. The summed E-state index contributed by atoms with van der Waals surface area (Å²) in [5.41, 5.74) is 3.14. The van der Waals surface area contributed by atoms with Crippen molar-refractivity contribution < 1.29 is 13.9 Å². The smallest absolute Gasteiger partial charge is 0.123 e. The molecule has 4 heteroatoms. The van der Waals surface area contributed by atoms with Crippen LogP contribution in [-0.4, -0.2) is 6.61 Å². The second kappa shape index (κ2) is 8.90. The van der Waals surface area contributed by atoms with Gasteiger partial charge in [-0.2, -0.15) is 0 Å². The van der Waals surface area contributed by atoms with Gasteiger partial charge in [0.1, 0.15) is 23.9 Å². The molecular formula is C22H22FNO2. The molecule has 0 atom stereocenters. The summed E-state index contributed by atoms with van der Waals surface area (Å²) in [6, 6.07) is 22.2. The van der Waals surface area contributed by atoms with Crippen molar-refractivity contribution in [3.63, 3.8) is 0 Å². The quantitative estimate of drug-likeness (QED) is 0.588. The molecule has 0 saturated carbocycles. The van der Waals surface area contributed by atoms with Crippen molar-refractivity contribution in [1.29, 1.82) is 0 Å². The zero-order chi connectivity index (χ0) is 18.2. The number of anilines is 1. The van der Waals surface area contributed by atoms with Gasteiger partial charge < -0.3 is 14.8 Å². The van der Waals surface area contributed by atoms with Gasteiger partial charge in [-0.05, 0) is 66.6 Å². The summed E-state index contributed by atoms with van der Waals surface area (Å²) in [5.74, 6) is 1.43. The van der Waals surface area contributed by atoms with Gasteiger partial charge in [0.05, 0.1) is 6.61 Å². The standard InChI is InChI=1S/C22H22FNO2/c1-2-25-21-13-9-20(10-14-21)24-15-17-5-11-22(12-6-17)26-16-18-3-7-19(23)8-4-18/h3-14,24H,2,15-16H2,1H3. The monoisotopic (exact) mass is 351 g/mol. The van der Waals surface area contributed by atoms with Crippen LogP contribution in [0, 0.1) is 5.82 Å². The molecule has 0 bridgehead atoms. The lowest BCUT2D eigenvalue weighted by atomic mass is 10.2. The van der Waals surface area contributed by atoms with Gasteiger partial charge in [0.25, 0.3) is 0 Å². The first-order chi connectivity index (χ1) is 12.7. The number of nitrogens with one attached hydrogen (secondary N) is 1. The molecule has 3 aromatic carbocycles. The second-order valence-corrected chi connectivity index (χ2v) is 5.87. The number of benzene rings is 3. The van der Waals surface area contributed by atoms with Crippen molar-refractivity contribution in [3.05, 3.63) is 89.7 Å². The highest BCUT2D eigenvalue weighted by atomic mass is 19.1. The minimum Gasteiger partial charge on any atom is -0.494 e. The van der Waals surface area contributed by atoms with E-state index >= 15 is 0 Å². The Morgan fingerprint density at radius 3 is 1.96 bits per heavy atom. The molecular weight excluding hydrogens is 329 g/mol. The van der Waals surface area contributed by atoms with E-state index in [1.165, 1.54) is 12.1 Å². The molecule has 1 N–H and O–H groups in total. The van der Waals surface area contributed by atoms with Crippen LogP contribution in [0.1, 0.15) is 18.1 Å². The van der Waals surface area contributed by atoms with E-state index in [1.54, 1.807) is 12.1 Å². The molecule has 0 aliphatic carbocycles. The Bertz CT molecular complexity index is 799. The summed E-state index contributed by atoms with van der Waals surface area (Å²) >= 11 is 0. The van der Waals surface area contributed by atoms with Crippen LogP contribution in [0.25, 0.3) is 0 Å². The van der Waals surface area contributed by atoms with Crippen molar-refractivity contribution in [2.24, 2.45) is 0 Å². The molecule has 26 heavy (non-hydrogen) atoms. The molecule has 0 saturated heterocycles. The normalized spacial score (nSPS) is 10.4. The Labute approximate surface area is 153 Å². The average molecular weight is 351 g/mol. The van der Waals surface area contributed by atoms with Crippen molar-refractivity contribution >= 4 is 5.69 Å². The third-order valence-corrected chi connectivity index (χ3v) is 3.90. The maximum atomic E-state index is 12.9. The van der Waals surface area contributed by atoms with E-state index in [-0.39, 0.29) is 5.82 Å². The van der Waals surface area contributed by atoms with Crippen molar-refractivity contribution in [3.8, 4) is 11.5 Å². The fourth-order valence-electron chi connectivity index (χ4n) is 2.49. The molecule has 3 rings (SSSR count). The van der Waals surface area contributed by atoms with Crippen LogP contribution >= 0.6 is 0 Å². The Balaban J connectivity index is 1.48. The number of hydrogen-bond donors (Lipinski definition) is 1. The van der Waals surface area contributed by atoms with E-state index < -0.39 is 0 Å². The lowest BCUT2D eigenvalue weighted by Gasteiger charge is -2.10. The summed E-state index contributed by atoms with van der Waals surface area (Å²) in [5, 5.41) is 3.38. The Hall–Kier alpha value is -3.01. The van der Waals surface area contributed by atoms with E-state index in [0.717, 1.165) is 34.9 Å². The Morgan fingerprint density at radius 2 is 1.31 bits per heavy atom. The Kier molecular flexibility index (Phi) is 6.09. The largest absolute Gasteiger partial charge is 0.494 e. The molecule has 0 fully saturated rings. The van der Waals surface area contributed by atoms with E-state index in [9.17, 15) is 4.39 Å². The molecule has 0 aliphatic rings.